The van der Waals surface area contributed by atoms with Gasteiger partial charge in [0.25, 0.3) is 5.91 Å². The number of carbonyl (C=O) groups excluding carboxylic acids is 1. The van der Waals surface area contributed by atoms with Crippen LogP contribution in [0.2, 0.25) is 10.0 Å². The summed E-state index contributed by atoms with van der Waals surface area (Å²) in [6.07, 6.45) is 11.8. The molecule has 0 unspecified atom stereocenters. The monoisotopic (exact) mass is 387 g/mol. The number of hydrogen-bond acceptors (Lipinski definition) is 2. The maximum absolute atomic E-state index is 12.4. The number of amides is 1. The van der Waals surface area contributed by atoms with E-state index >= 15 is 0 Å². The van der Waals surface area contributed by atoms with Crippen LogP contribution in [0.5, 0.6) is 0 Å². The molecule has 0 bridgehead atoms. The molecule has 6 heteroatoms. The van der Waals surface area contributed by atoms with Crippen LogP contribution in [0.15, 0.2) is 42.2 Å². The molecule has 2 aromatic rings. The predicted molar refractivity (Wildman–Crippen MR) is 105 cm³/mol. The Balaban J connectivity index is 1.74. The Labute approximate surface area is 163 Å². The first-order valence-corrected chi connectivity index (χ1v) is 9.38. The summed E-state index contributed by atoms with van der Waals surface area (Å²) >= 11 is 11.9. The number of halogens is 2. The van der Waals surface area contributed by atoms with Crippen LogP contribution in [0.25, 0.3) is 6.08 Å². The van der Waals surface area contributed by atoms with E-state index < -0.39 is 5.91 Å². The van der Waals surface area contributed by atoms with E-state index in [-0.39, 0.29) is 5.57 Å². The van der Waals surface area contributed by atoms with Crippen molar-refractivity contribution in [2.45, 2.75) is 38.1 Å². The van der Waals surface area contributed by atoms with E-state index in [1.807, 2.05) is 24.5 Å². The van der Waals surface area contributed by atoms with Gasteiger partial charge in [0.2, 0.25) is 0 Å². The second-order valence-corrected chi connectivity index (χ2v) is 7.28. The van der Waals surface area contributed by atoms with Gasteiger partial charge in [0.05, 0.1) is 10.7 Å². The number of carbonyl (C=O) groups is 1. The topological polar surface area (TPSA) is 57.8 Å². The summed E-state index contributed by atoms with van der Waals surface area (Å²) in [5.74, 6) is -0.498. The minimum Gasteiger partial charge on any atom is -0.351 e. The zero-order valence-electron chi connectivity index (χ0n) is 14.2. The third-order valence-corrected chi connectivity index (χ3v) is 5.14. The van der Waals surface area contributed by atoms with Crippen LogP contribution in [-0.4, -0.2) is 10.5 Å². The smallest absolute Gasteiger partial charge is 0.266 e. The molecule has 0 radical (unpaired) electrons. The van der Waals surface area contributed by atoms with Crippen LogP contribution < -0.4 is 5.32 Å². The number of nitriles is 1. The minimum absolute atomic E-state index is 0.0254. The fourth-order valence-electron chi connectivity index (χ4n) is 3.22. The molecule has 0 aliphatic heterocycles. The van der Waals surface area contributed by atoms with Crippen molar-refractivity contribution in [3.05, 3.63) is 57.8 Å². The maximum atomic E-state index is 12.4. The number of rotatable bonds is 4. The lowest BCUT2D eigenvalue weighted by Gasteiger charge is -2.23. The zero-order valence-corrected chi connectivity index (χ0v) is 15.7. The molecule has 4 nitrogen and oxygen atoms in total. The van der Waals surface area contributed by atoms with Crippen molar-refractivity contribution >= 4 is 40.9 Å². The van der Waals surface area contributed by atoms with E-state index in [0.717, 1.165) is 5.56 Å². The average molecular weight is 388 g/mol. The van der Waals surface area contributed by atoms with Crippen molar-refractivity contribution in [1.29, 1.82) is 5.26 Å². The Bertz CT molecular complexity index is 873. The van der Waals surface area contributed by atoms with Crippen molar-refractivity contribution in [2.75, 3.05) is 5.32 Å². The maximum Gasteiger partial charge on any atom is 0.266 e. The van der Waals surface area contributed by atoms with Gasteiger partial charge in [-0.3, -0.25) is 4.79 Å². The van der Waals surface area contributed by atoms with Gasteiger partial charge in [-0.1, -0.05) is 42.5 Å². The van der Waals surface area contributed by atoms with Gasteiger partial charge in [0.1, 0.15) is 11.6 Å². The van der Waals surface area contributed by atoms with Crippen molar-refractivity contribution in [3.63, 3.8) is 0 Å². The molecule has 26 heavy (non-hydrogen) atoms. The van der Waals surface area contributed by atoms with Gasteiger partial charge in [-0.2, -0.15) is 5.26 Å². The van der Waals surface area contributed by atoms with Gasteiger partial charge in [0.15, 0.2) is 0 Å². The molecule has 134 valence electrons. The molecule has 1 N–H and O–H groups in total. The van der Waals surface area contributed by atoms with Gasteiger partial charge < -0.3 is 9.88 Å². The largest absolute Gasteiger partial charge is 0.351 e. The first-order valence-electron chi connectivity index (χ1n) is 8.62. The lowest BCUT2D eigenvalue weighted by Crippen LogP contribution is -2.13. The molecule has 1 heterocycles. The molecule has 1 fully saturated rings. The van der Waals surface area contributed by atoms with Gasteiger partial charge in [-0.15, -0.1) is 0 Å². The fourth-order valence-corrected chi connectivity index (χ4v) is 3.67. The molecule has 1 aliphatic rings. The van der Waals surface area contributed by atoms with Gasteiger partial charge >= 0.3 is 0 Å². The van der Waals surface area contributed by atoms with Crippen LogP contribution in [0.4, 0.5) is 5.69 Å². The number of benzene rings is 1. The lowest BCUT2D eigenvalue weighted by atomic mass is 9.95. The number of nitrogens with zero attached hydrogens (tertiary/aromatic N) is 2. The first-order chi connectivity index (χ1) is 12.6. The molecule has 3 rings (SSSR count). The molecular weight excluding hydrogens is 369 g/mol. The third-order valence-electron chi connectivity index (χ3n) is 4.59. The number of hydrogen-bond donors (Lipinski definition) is 1. The quantitative estimate of drug-likeness (QED) is 0.528. The van der Waals surface area contributed by atoms with E-state index in [9.17, 15) is 10.1 Å². The Morgan fingerprint density at radius 1 is 1.23 bits per heavy atom. The van der Waals surface area contributed by atoms with Gasteiger partial charge in [-0.05, 0) is 48.7 Å². The highest BCUT2D eigenvalue weighted by Crippen LogP contribution is 2.29. The van der Waals surface area contributed by atoms with Gasteiger partial charge in [0, 0.05) is 23.5 Å². The standard InChI is InChI=1S/C20H19Cl2N3O/c21-16-6-7-19(18(22)11-16)24-20(26)15(12-23)10-14-8-9-25(13-14)17-4-2-1-3-5-17/h6-11,13,17H,1-5H2,(H,24,26)/b15-10+. The molecular formula is C20H19Cl2N3O. The molecule has 0 spiro atoms. The normalized spacial score (nSPS) is 15.5. The highest BCUT2D eigenvalue weighted by atomic mass is 35.5. The summed E-state index contributed by atoms with van der Waals surface area (Å²) in [5.41, 5.74) is 1.28. The van der Waals surface area contributed by atoms with Crippen LogP contribution in [-0.2, 0) is 4.79 Å². The summed E-state index contributed by atoms with van der Waals surface area (Å²) in [6.45, 7) is 0. The highest BCUT2D eigenvalue weighted by molar-refractivity contribution is 6.36. The predicted octanol–water partition coefficient (Wildman–Crippen LogP) is 5.85. The second-order valence-electron chi connectivity index (χ2n) is 6.43. The van der Waals surface area contributed by atoms with E-state index in [2.05, 4.69) is 9.88 Å². The van der Waals surface area contributed by atoms with Crippen molar-refractivity contribution in [2.24, 2.45) is 0 Å². The Kier molecular flexibility index (Phi) is 6.03. The molecule has 1 aliphatic carbocycles. The van der Waals surface area contributed by atoms with Crippen LogP contribution in [0, 0.1) is 11.3 Å². The van der Waals surface area contributed by atoms with Crippen molar-refractivity contribution in [3.8, 4) is 6.07 Å². The number of aromatic nitrogens is 1. The molecule has 1 amide bonds. The zero-order chi connectivity index (χ0) is 18.5. The average Bonchev–Trinajstić information content (AvgIpc) is 3.11. The lowest BCUT2D eigenvalue weighted by molar-refractivity contribution is -0.112. The summed E-state index contributed by atoms with van der Waals surface area (Å²) in [6, 6.07) is 9.17. The molecule has 1 aromatic heterocycles. The summed E-state index contributed by atoms with van der Waals surface area (Å²) in [7, 11) is 0. The highest BCUT2D eigenvalue weighted by Gasteiger charge is 2.16. The number of anilines is 1. The molecule has 1 saturated carbocycles. The fraction of sp³-hybridized carbons (Fsp3) is 0.300. The van der Waals surface area contributed by atoms with Crippen LogP contribution >= 0.6 is 23.2 Å². The first kappa shape index (κ1) is 18.6. The third kappa shape index (κ3) is 4.49. The van der Waals surface area contributed by atoms with E-state index in [1.54, 1.807) is 24.3 Å². The van der Waals surface area contributed by atoms with Gasteiger partial charge in [-0.25, -0.2) is 0 Å². The molecule has 1 aromatic carbocycles. The Morgan fingerprint density at radius 2 is 2.00 bits per heavy atom. The summed E-state index contributed by atoms with van der Waals surface area (Å²) in [5, 5.41) is 12.8. The summed E-state index contributed by atoms with van der Waals surface area (Å²) < 4.78 is 2.19. The minimum atomic E-state index is -0.498. The Morgan fingerprint density at radius 3 is 2.69 bits per heavy atom. The van der Waals surface area contributed by atoms with E-state index in [0.29, 0.717) is 21.8 Å². The molecule has 0 saturated heterocycles. The van der Waals surface area contributed by atoms with Crippen LogP contribution in [0.3, 0.4) is 0 Å². The number of nitrogens with one attached hydrogen (secondary N) is 1. The van der Waals surface area contributed by atoms with Crippen LogP contribution in [0.1, 0.15) is 43.7 Å². The van der Waals surface area contributed by atoms with E-state index in [4.69, 9.17) is 23.2 Å². The summed E-state index contributed by atoms with van der Waals surface area (Å²) in [4.78, 5) is 12.4. The second kappa shape index (κ2) is 8.44. The molecule has 0 atom stereocenters. The van der Waals surface area contributed by atoms with Crippen molar-refractivity contribution < 1.29 is 4.79 Å². The van der Waals surface area contributed by atoms with Crippen molar-refractivity contribution in [1.82, 2.24) is 4.57 Å². The Hall–Kier alpha value is -2.22. The SMILES string of the molecule is N#C/C(=C\c1ccn(C2CCCCC2)c1)C(=O)Nc1ccc(Cl)cc1Cl. The van der Waals surface area contributed by atoms with E-state index in [1.165, 1.54) is 32.1 Å².